The van der Waals surface area contributed by atoms with Gasteiger partial charge in [0.25, 0.3) is 0 Å². The highest BCUT2D eigenvalue weighted by Crippen LogP contribution is 2.15. The molecule has 3 N–H and O–H groups in total. The molecule has 1 aliphatic rings. The summed E-state index contributed by atoms with van der Waals surface area (Å²) in [6, 6.07) is 8.17. The molecule has 7 heteroatoms. The van der Waals surface area contributed by atoms with E-state index in [0.717, 1.165) is 48.9 Å². The van der Waals surface area contributed by atoms with Gasteiger partial charge >= 0.3 is 0 Å². The molecule has 2 aromatic rings. The van der Waals surface area contributed by atoms with Crippen molar-refractivity contribution >= 4 is 5.96 Å². The Labute approximate surface area is 135 Å². The van der Waals surface area contributed by atoms with Gasteiger partial charge < -0.3 is 15.4 Å². The van der Waals surface area contributed by atoms with Crippen molar-refractivity contribution < 1.29 is 4.74 Å². The molecular formula is C16H22N6O. The second-order valence-corrected chi connectivity index (χ2v) is 5.48. The smallest absolute Gasteiger partial charge is 0.191 e. The molecule has 122 valence electrons. The minimum atomic E-state index is 0.295. The van der Waals surface area contributed by atoms with Crippen molar-refractivity contribution in [1.82, 2.24) is 25.8 Å². The average molecular weight is 314 g/mol. The molecule has 23 heavy (non-hydrogen) atoms. The Morgan fingerprint density at radius 3 is 3.13 bits per heavy atom. The van der Waals surface area contributed by atoms with Crippen LogP contribution in [0.2, 0.25) is 0 Å². The number of guanidine groups is 1. The highest BCUT2D eigenvalue weighted by Gasteiger charge is 2.15. The van der Waals surface area contributed by atoms with Crippen LogP contribution in [0.15, 0.2) is 35.6 Å². The van der Waals surface area contributed by atoms with Gasteiger partial charge in [-0.2, -0.15) is 5.10 Å². The predicted molar refractivity (Wildman–Crippen MR) is 89.0 cm³/mol. The summed E-state index contributed by atoms with van der Waals surface area (Å²) in [5, 5.41) is 13.4. The first-order valence-corrected chi connectivity index (χ1v) is 7.86. The fourth-order valence-electron chi connectivity index (χ4n) is 2.60. The summed E-state index contributed by atoms with van der Waals surface area (Å²) in [6.45, 7) is 2.34. The van der Waals surface area contributed by atoms with Crippen LogP contribution in [0.4, 0.5) is 0 Å². The molecule has 1 atom stereocenters. The van der Waals surface area contributed by atoms with Crippen molar-refractivity contribution in [3.63, 3.8) is 0 Å². The standard InChI is InChI=1S/C16H22N6O/c1-17-16(19-10-14-6-3-7-23-14)18-9-12-4-2-5-13(8-12)15-20-11-21-22-15/h2,4-5,8,11,14H,3,6-7,9-10H2,1H3,(H2,17,18,19)(H,20,21,22). The monoisotopic (exact) mass is 314 g/mol. The molecule has 1 fully saturated rings. The quantitative estimate of drug-likeness (QED) is 0.572. The minimum Gasteiger partial charge on any atom is -0.376 e. The molecule has 0 saturated carbocycles. The second kappa shape index (κ2) is 7.73. The Balaban J connectivity index is 1.53. The largest absolute Gasteiger partial charge is 0.376 e. The maximum Gasteiger partial charge on any atom is 0.191 e. The fraction of sp³-hybridized carbons (Fsp3) is 0.438. The number of rotatable bonds is 5. The number of nitrogens with one attached hydrogen (secondary N) is 3. The van der Waals surface area contributed by atoms with Crippen LogP contribution in [0, 0.1) is 0 Å². The minimum absolute atomic E-state index is 0.295. The lowest BCUT2D eigenvalue weighted by molar-refractivity contribution is 0.114. The van der Waals surface area contributed by atoms with Crippen LogP contribution in [0.3, 0.4) is 0 Å². The maximum absolute atomic E-state index is 5.61. The number of aromatic amines is 1. The van der Waals surface area contributed by atoms with Crippen LogP contribution in [0.5, 0.6) is 0 Å². The summed E-state index contributed by atoms with van der Waals surface area (Å²) in [5.41, 5.74) is 2.17. The van der Waals surface area contributed by atoms with E-state index < -0.39 is 0 Å². The molecule has 1 aliphatic heterocycles. The number of hydrogen-bond donors (Lipinski definition) is 3. The number of benzene rings is 1. The van der Waals surface area contributed by atoms with E-state index in [0.29, 0.717) is 12.6 Å². The van der Waals surface area contributed by atoms with E-state index in [1.807, 2.05) is 12.1 Å². The molecule has 1 aromatic heterocycles. The van der Waals surface area contributed by atoms with Crippen LogP contribution < -0.4 is 10.6 Å². The molecule has 1 saturated heterocycles. The number of ether oxygens (including phenoxy) is 1. The number of hydrogen-bond acceptors (Lipinski definition) is 4. The van der Waals surface area contributed by atoms with Gasteiger partial charge in [0, 0.05) is 32.3 Å². The van der Waals surface area contributed by atoms with E-state index in [-0.39, 0.29) is 0 Å². The summed E-state index contributed by atoms with van der Waals surface area (Å²) >= 11 is 0. The summed E-state index contributed by atoms with van der Waals surface area (Å²) < 4.78 is 5.61. The van der Waals surface area contributed by atoms with Crippen molar-refractivity contribution in [2.75, 3.05) is 20.2 Å². The first kappa shape index (κ1) is 15.5. The first-order chi connectivity index (χ1) is 11.3. The molecule has 0 radical (unpaired) electrons. The number of aliphatic imine (C=N–C) groups is 1. The Morgan fingerprint density at radius 2 is 2.39 bits per heavy atom. The Bertz CT molecular complexity index is 634. The molecule has 7 nitrogen and oxygen atoms in total. The van der Waals surface area contributed by atoms with Gasteiger partial charge in [-0.05, 0) is 24.5 Å². The number of H-pyrrole nitrogens is 1. The van der Waals surface area contributed by atoms with Crippen LogP contribution in [-0.2, 0) is 11.3 Å². The topological polar surface area (TPSA) is 87.2 Å². The van der Waals surface area contributed by atoms with Crippen LogP contribution >= 0.6 is 0 Å². The van der Waals surface area contributed by atoms with Crippen molar-refractivity contribution in [3.05, 3.63) is 36.2 Å². The molecule has 0 spiro atoms. The first-order valence-electron chi connectivity index (χ1n) is 7.86. The van der Waals surface area contributed by atoms with E-state index in [2.05, 4.69) is 42.9 Å². The average Bonchev–Trinajstić information content (AvgIpc) is 3.29. The molecule has 1 aromatic carbocycles. The number of nitrogens with zero attached hydrogens (tertiary/aromatic N) is 3. The third-order valence-electron chi connectivity index (χ3n) is 3.82. The molecule has 3 rings (SSSR count). The van der Waals surface area contributed by atoms with Gasteiger partial charge in [-0.3, -0.25) is 10.1 Å². The SMILES string of the molecule is CN=C(NCc1cccc(-c2ncn[nH]2)c1)NCC1CCCO1. The van der Waals surface area contributed by atoms with Crippen LogP contribution in [0.1, 0.15) is 18.4 Å². The highest BCUT2D eigenvalue weighted by atomic mass is 16.5. The third kappa shape index (κ3) is 4.29. The van der Waals surface area contributed by atoms with Crippen molar-refractivity contribution in [2.24, 2.45) is 4.99 Å². The zero-order chi connectivity index (χ0) is 15.9. The predicted octanol–water partition coefficient (Wildman–Crippen LogP) is 1.32. The summed E-state index contributed by atoms with van der Waals surface area (Å²) in [6.07, 6.45) is 4.07. The third-order valence-corrected chi connectivity index (χ3v) is 3.82. The maximum atomic E-state index is 5.61. The molecular weight excluding hydrogens is 292 g/mol. The van der Waals surface area contributed by atoms with Gasteiger partial charge in [-0.1, -0.05) is 18.2 Å². The molecule has 0 amide bonds. The van der Waals surface area contributed by atoms with Gasteiger partial charge in [0.05, 0.1) is 6.10 Å². The van der Waals surface area contributed by atoms with Crippen molar-refractivity contribution in [2.45, 2.75) is 25.5 Å². The van der Waals surface area contributed by atoms with Gasteiger partial charge in [0.2, 0.25) is 0 Å². The highest BCUT2D eigenvalue weighted by molar-refractivity contribution is 5.79. The summed E-state index contributed by atoms with van der Waals surface area (Å²) in [4.78, 5) is 8.42. The Hall–Kier alpha value is -2.41. The fourth-order valence-corrected chi connectivity index (χ4v) is 2.60. The van der Waals surface area contributed by atoms with Gasteiger partial charge in [-0.15, -0.1) is 0 Å². The molecule has 1 unspecified atom stereocenters. The van der Waals surface area contributed by atoms with E-state index >= 15 is 0 Å². The number of aromatic nitrogens is 3. The molecule has 0 aliphatic carbocycles. The van der Waals surface area contributed by atoms with E-state index in [1.54, 1.807) is 7.05 Å². The lowest BCUT2D eigenvalue weighted by Gasteiger charge is -2.15. The Kier molecular flexibility index (Phi) is 5.21. The lowest BCUT2D eigenvalue weighted by atomic mass is 10.1. The zero-order valence-corrected chi connectivity index (χ0v) is 13.2. The molecule has 2 heterocycles. The second-order valence-electron chi connectivity index (χ2n) is 5.48. The van der Waals surface area contributed by atoms with Crippen molar-refractivity contribution in [3.8, 4) is 11.4 Å². The summed E-state index contributed by atoms with van der Waals surface area (Å²) in [7, 11) is 1.77. The van der Waals surface area contributed by atoms with E-state index in [4.69, 9.17) is 4.74 Å². The van der Waals surface area contributed by atoms with E-state index in [9.17, 15) is 0 Å². The van der Waals surface area contributed by atoms with Crippen LogP contribution in [0.25, 0.3) is 11.4 Å². The summed E-state index contributed by atoms with van der Waals surface area (Å²) in [5.74, 6) is 1.55. The Morgan fingerprint density at radius 1 is 1.43 bits per heavy atom. The van der Waals surface area contributed by atoms with Crippen molar-refractivity contribution in [1.29, 1.82) is 0 Å². The lowest BCUT2D eigenvalue weighted by Crippen LogP contribution is -2.40. The normalized spacial score (nSPS) is 18.1. The van der Waals surface area contributed by atoms with Gasteiger partial charge in [0.1, 0.15) is 6.33 Å². The van der Waals surface area contributed by atoms with Gasteiger partial charge in [-0.25, -0.2) is 4.98 Å². The molecule has 0 bridgehead atoms. The zero-order valence-electron chi connectivity index (χ0n) is 13.2. The van der Waals surface area contributed by atoms with E-state index in [1.165, 1.54) is 6.33 Å². The van der Waals surface area contributed by atoms with Gasteiger partial charge in [0.15, 0.2) is 11.8 Å². The van der Waals surface area contributed by atoms with Crippen LogP contribution in [-0.4, -0.2) is 47.4 Å².